The first-order valence-electron chi connectivity index (χ1n) is 17.2. The van der Waals surface area contributed by atoms with Gasteiger partial charge in [0.1, 0.15) is 0 Å². The molecule has 0 N–H and O–H groups in total. The quantitative estimate of drug-likeness (QED) is 0.173. The molecular formula is C45H30BN5. The number of benzene rings is 7. The van der Waals surface area contributed by atoms with Crippen molar-refractivity contribution in [3.05, 3.63) is 182 Å². The van der Waals surface area contributed by atoms with E-state index in [-0.39, 0.29) is 6.98 Å². The van der Waals surface area contributed by atoms with Crippen molar-refractivity contribution in [2.45, 2.75) is 0 Å². The summed E-state index contributed by atoms with van der Waals surface area (Å²) >= 11 is 0. The standard InChI is InChI=1S/C45H30BN5/c1-4-16-31(17-5-1)43-47-44(32-18-6-2-7-19-32)49-45(48-43)33-20-14-23-35(30-33)51-41-29-13-11-25-37(41)39-27-15-26-38-36-24-10-12-28-40(36)50(46(51)42(38)39)34-21-8-3-9-22-34/h1-30H. The van der Waals surface area contributed by atoms with Crippen molar-refractivity contribution in [3.8, 4) is 56.4 Å². The van der Waals surface area contributed by atoms with Gasteiger partial charge in [0.05, 0.1) is 0 Å². The Labute approximate surface area is 297 Å². The molecule has 0 saturated heterocycles. The lowest BCUT2D eigenvalue weighted by atomic mass is 9.53. The first-order valence-corrected chi connectivity index (χ1v) is 17.2. The molecule has 8 aromatic rings. The summed E-state index contributed by atoms with van der Waals surface area (Å²) < 4.78 is 0. The number of aromatic nitrogens is 3. The van der Waals surface area contributed by atoms with Crippen LogP contribution >= 0.6 is 0 Å². The number of anilines is 4. The van der Waals surface area contributed by atoms with E-state index in [1.165, 1.54) is 33.4 Å². The van der Waals surface area contributed by atoms with Crippen LogP contribution in [-0.4, -0.2) is 21.9 Å². The third-order valence-electron chi connectivity index (χ3n) is 9.88. The molecule has 0 spiro atoms. The molecule has 6 heteroatoms. The highest BCUT2D eigenvalue weighted by atomic mass is 15.2. The number of fused-ring (bicyclic) bond motifs is 4. The van der Waals surface area contributed by atoms with Crippen LogP contribution in [0, 0.1) is 0 Å². The molecule has 5 nitrogen and oxygen atoms in total. The van der Waals surface area contributed by atoms with Crippen molar-refractivity contribution in [3.63, 3.8) is 0 Å². The lowest BCUT2D eigenvalue weighted by Crippen LogP contribution is -2.61. The maximum absolute atomic E-state index is 5.07. The van der Waals surface area contributed by atoms with Crippen LogP contribution in [0.5, 0.6) is 0 Å². The molecule has 0 amide bonds. The van der Waals surface area contributed by atoms with Gasteiger partial charge in [-0.15, -0.1) is 0 Å². The third kappa shape index (κ3) is 4.84. The molecule has 0 aliphatic carbocycles. The molecule has 1 aromatic heterocycles. The third-order valence-corrected chi connectivity index (χ3v) is 9.88. The molecule has 7 aromatic carbocycles. The minimum Gasteiger partial charge on any atom is -0.361 e. The van der Waals surface area contributed by atoms with E-state index in [0.717, 1.165) is 33.8 Å². The summed E-state index contributed by atoms with van der Waals surface area (Å²) in [6, 6.07) is 63.9. The molecule has 10 rings (SSSR count). The molecule has 0 bridgehead atoms. The number of hydrogen-bond acceptors (Lipinski definition) is 5. The molecule has 2 aliphatic rings. The highest BCUT2D eigenvalue weighted by molar-refractivity contribution is 6.86. The van der Waals surface area contributed by atoms with Crippen LogP contribution in [0.4, 0.5) is 22.7 Å². The van der Waals surface area contributed by atoms with E-state index in [4.69, 9.17) is 15.0 Å². The minimum atomic E-state index is -0.156. The van der Waals surface area contributed by atoms with E-state index in [1.54, 1.807) is 0 Å². The number of hydrogen-bond donors (Lipinski definition) is 0. The molecule has 0 radical (unpaired) electrons. The van der Waals surface area contributed by atoms with Gasteiger partial charge in [-0.05, 0) is 53.0 Å². The maximum atomic E-state index is 5.07. The zero-order valence-corrected chi connectivity index (χ0v) is 27.6. The van der Waals surface area contributed by atoms with E-state index < -0.39 is 0 Å². The Hall–Kier alpha value is -6.79. The minimum absolute atomic E-state index is 0.156. The molecule has 0 saturated carbocycles. The van der Waals surface area contributed by atoms with Gasteiger partial charge < -0.3 is 9.62 Å². The van der Waals surface area contributed by atoms with E-state index >= 15 is 0 Å². The molecule has 51 heavy (non-hydrogen) atoms. The molecule has 2 aliphatic heterocycles. The van der Waals surface area contributed by atoms with Gasteiger partial charge >= 0.3 is 6.98 Å². The van der Waals surface area contributed by atoms with Gasteiger partial charge in [-0.3, -0.25) is 0 Å². The number of para-hydroxylation sites is 3. The Morgan fingerprint density at radius 1 is 0.333 bits per heavy atom. The van der Waals surface area contributed by atoms with Gasteiger partial charge in [-0.1, -0.05) is 146 Å². The Bertz CT molecular complexity index is 2490. The molecule has 0 unspecified atom stereocenters. The van der Waals surface area contributed by atoms with Crippen molar-refractivity contribution in [2.75, 3.05) is 9.62 Å². The largest absolute Gasteiger partial charge is 0.421 e. The van der Waals surface area contributed by atoms with Crippen molar-refractivity contribution in [2.24, 2.45) is 0 Å². The predicted octanol–water partition coefficient (Wildman–Crippen LogP) is 10.2. The van der Waals surface area contributed by atoms with Crippen molar-refractivity contribution < 1.29 is 0 Å². The van der Waals surface area contributed by atoms with Gasteiger partial charge in [-0.2, -0.15) is 0 Å². The fourth-order valence-electron chi connectivity index (χ4n) is 7.65. The highest BCUT2D eigenvalue weighted by Crippen LogP contribution is 2.48. The molecule has 3 heterocycles. The topological polar surface area (TPSA) is 45.2 Å². The van der Waals surface area contributed by atoms with Crippen LogP contribution < -0.4 is 15.1 Å². The first-order chi connectivity index (χ1) is 25.3. The molecule has 0 atom stereocenters. The Morgan fingerprint density at radius 3 is 1.29 bits per heavy atom. The average molecular weight is 652 g/mol. The smallest absolute Gasteiger partial charge is 0.361 e. The number of nitrogens with zero attached hydrogens (tertiary/aromatic N) is 5. The summed E-state index contributed by atoms with van der Waals surface area (Å²) in [7, 11) is 0. The van der Waals surface area contributed by atoms with Crippen LogP contribution in [0.1, 0.15) is 0 Å². The zero-order chi connectivity index (χ0) is 33.7. The SMILES string of the molecule is c1ccc(-c2nc(-c3ccccc3)nc(-c3cccc(N4B5c6c(cccc6-c6ccccc64)-c4ccccc4N5c4ccccc4)c3)n2)cc1. The Kier molecular flexibility index (Phi) is 6.84. The van der Waals surface area contributed by atoms with E-state index in [2.05, 4.69) is 131 Å². The first kappa shape index (κ1) is 29.2. The second-order valence-electron chi connectivity index (χ2n) is 12.8. The lowest BCUT2D eigenvalue weighted by Gasteiger charge is -2.47. The fourth-order valence-corrected chi connectivity index (χ4v) is 7.65. The summed E-state index contributed by atoms with van der Waals surface area (Å²) in [4.78, 5) is 20.1. The monoisotopic (exact) mass is 651 g/mol. The highest BCUT2D eigenvalue weighted by Gasteiger charge is 2.46. The lowest BCUT2D eigenvalue weighted by molar-refractivity contribution is 1.07. The second kappa shape index (κ2) is 12.0. The van der Waals surface area contributed by atoms with Gasteiger partial charge in [-0.25, -0.2) is 15.0 Å². The summed E-state index contributed by atoms with van der Waals surface area (Å²) in [6.45, 7) is -0.156. The van der Waals surface area contributed by atoms with Gasteiger partial charge in [0.2, 0.25) is 0 Å². The zero-order valence-electron chi connectivity index (χ0n) is 27.6. The van der Waals surface area contributed by atoms with Crippen LogP contribution in [0.2, 0.25) is 0 Å². The molecule has 238 valence electrons. The van der Waals surface area contributed by atoms with Gasteiger partial charge in [0.25, 0.3) is 0 Å². The molecule has 0 fully saturated rings. The molecular weight excluding hydrogens is 621 g/mol. The maximum Gasteiger partial charge on any atom is 0.421 e. The van der Waals surface area contributed by atoms with Crippen LogP contribution in [0.3, 0.4) is 0 Å². The van der Waals surface area contributed by atoms with E-state index in [9.17, 15) is 0 Å². The predicted molar refractivity (Wildman–Crippen MR) is 210 cm³/mol. The van der Waals surface area contributed by atoms with Crippen LogP contribution in [-0.2, 0) is 0 Å². The fraction of sp³-hybridized carbons (Fsp3) is 0. The Morgan fingerprint density at radius 2 is 0.725 bits per heavy atom. The summed E-state index contributed by atoms with van der Waals surface area (Å²) in [5, 5.41) is 0. The van der Waals surface area contributed by atoms with Gasteiger partial charge in [0, 0.05) is 50.6 Å². The summed E-state index contributed by atoms with van der Waals surface area (Å²) in [6.07, 6.45) is 0. The van der Waals surface area contributed by atoms with Crippen LogP contribution in [0.15, 0.2) is 182 Å². The summed E-state index contributed by atoms with van der Waals surface area (Å²) in [5.74, 6) is 1.92. The van der Waals surface area contributed by atoms with E-state index in [0.29, 0.717) is 17.5 Å². The average Bonchev–Trinajstić information content (AvgIpc) is 3.22. The van der Waals surface area contributed by atoms with Gasteiger partial charge in [0.15, 0.2) is 17.5 Å². The number of rotatable bonds is 5. The van der Waals surface area contributed by atoms with Crippen molar-refractivity contribution >= 4 is 35.2 Å². The van der Waals surface area contributed by atoms with Crippen LogP contribution in [0.25, 0.3) is 56.4 Å². The van der Waals surface area contributed by atoms with Crippen molar-refractivity contribution in [1.29, 1.82) is 0 Å². The van der Waals surface area contributed by atoms with E-state index in [1.807, 2.05) is 60.7 Å². The second-order valence-corrected chi connectivity index (χ2v) is 12.8. The normalized spacial score (nSPS) is 12.6. The summed E-state index contributed by atoms with van der Waals surface area (Å²) in [5.41, 5.74) is 13.6. The van der Waals surface area contributed by atoms with Crippen molar-refractivity contribution in [1.82, 2.24) is 15.0 Å². The Balaban J connectivity index is 1.20.